The Labute approximate surface area is 274 Å². The molecule has 13 nitrogen and oxygen atoms in total. The fourth-order valence-corrected chi connectivity index (χ4v) is 9.35. The normalized spacial score (nSPS) is 41.8. The number of benzene rings is 1. The van der Waals surface area contributed by atoms with E-state index in [-0.39, 0.29) is 23.1 Å². The first-order valence-electron chi connectivity index (χ1n) is 15.7. The molecule has 4 aliphatic carbocycles. The van der Waals surface area contributed by atoms with Crippen molar-refractivity contribution >= 4 is 23.5 Å². The van der Waals surface area contributed by atoms with E-state index in [9.17, 15) is 43.9 Å². The number of nitrogens with one attached hydrogen (secondary N) is 1. The van der Waals surface area contributed by atoms with E-state index in [0.717, 1.165) is 26.2 Å². The quantitative estimate of drug-likeness (QED) is 0.145. The Balaban J connectivity index is 1.38. The maximum atomic E-state index is 13.7. The average molecular weight is 692 g/mol. The van der Waals surface area contributed by atoms with Crippen LogP contribution in [0.4, 0.5) is 8.78 Å². The van der Waals surface area contributed by atoms with E-state index in [1.165, 1.54) is 6.07 Å². The predicted octanol–water partition coefficient (Wildman–Crippen LogP) is 1.48. The summed E-state index contributed by atoms with van der Waals surface area (Å²) < 4.78 is 45.1. The third-order valence-corrected chi connectivity index (χ3v) is 11.0. The number of halogens is 3. The highest BCUT2D eigenvalue weighted by Crippen LogP contribution is 2.71. The zero-order valence-corrected chi connectivity index (χ0v) is 26.6. The molecule has 47 heavy (non-hydrogen) atoms. The molecule has 6 aliphatic rings. The monoisotopic (exact) mass is 691 g/mol. The molecule has 6 N–H and O–H groups in total. The van der Waals surface area contributed by atoms with Gasteiger partial charge >= 0.3 is 11.8 Å². The first kappa shape index (κ1) is 34.6. The van der Waals surface area contributed by atoms with Crippen LogP contribution in [0.3, 0.4) is 0 Å². The van der Waals surface area contributed by atoms with Crippen LogP contribution in [0, 0.1) is 24.7 Å². The second-order valence-corrected chi connectivity index (χ2v) is 14.5. The van der Waals surface area contributed by atoms with E-state index >= 15 is 0 Å². The van der Waals surface area contributed by atoms with Crippen LogP contribution in [0.5, 0.6) is 5.75 Å². The number of carboxylic acid groups (broad SMARTS) is 1. The van der Waals surface area contributed by atoms with Gasteiger partial charge in [-0.3, -0.25) is 4.79 Å². The molecule has 0 aromatic heterocycles. The van der Waals surface area contributed by atoms with E-state index in [4.69, 9.17) is 35.6 Å². The summed E-state index contributed by atoms with van der Waals surface area (Å²) in [7, 11) is 0. The summed E-state index contributed by atoms with van der Waals surface area (Å²) in [5.41, 5.74) is -0.541. The average Bonchev–Trinajstić information content (AvgIpc) is 2.97. The number of alkyl halides is 3. The van der Waals surface area contributed by atoms with Crippen LogP contribution in [0.2, 0.25) is 0 Å². The molecule has 1 spiro atoms. The van der Waals surface area contributed by atoms with Gasteiger partial charge in [0.05, 0.1) is 25.2 Å². The zero-order chi connectivity index (χ0) is 34.1. The predicted molar refractivity (Wildman–Crippen MR) is 155 cm³/mol. The molecule has 16 heteroatoms. The number of aliphatic carboxylic acids is 1. The Bertz CT molecular complexity index is 1370. The SMILES string of the molecule is CC(=O)NC1C(O)CC(Oc2cc(C3(OCC(F)F)OOC34C3CC5CC4CC(Cl)(C5)C3)ccc2C)(C(=O)O)OC1C(O)C(O)CO. The highest BCUT2D eigenvalue weighted by atomic mass is 35.5. The number of hydrogen-bond donors (Lipinski definition) is 6. The van der Waals surface area contributed by atoms with Gasteiger partial charge in [0, 0.05) is 17.4 Å². The van der Waals surface area contributed by atoms with Gasteiger partial charge in [-0.25, -0.2) is 18.5 Å². The maximum Gasteiger partial charge on any atom is 0.377 e. The topological polar surface area (TPSA) is 193 Å². The molecule has 1 aromatic carbocycles. The molecule has 9 unspecified atom stereocenters. The van der Waals surface area contributed by atoms with Crippen molar-refractivity contribution in [2.45, 2.75) is 111 Å². The van der Waals surface area contributed by atoms with Crippen molar-refractivity contribution in [2.75, 3.05) is 13.2 Å². The van der Waals surface area contributed by atoms with Gasteiger partial charge in [0.2, 0.25) is 5.91 Å². The van der Waals surface area contributed by atoms with Crippen molar-refractivity contribution in [3.63, 3.8) is 0 Å². The summed E-state index contributed by atoms with van der Waals surface area (Å²) >= 11 is 6.98. The Hall–Kier alpha value is -2.21. The van der Waals surface area contributed by atoms with Crippen LogP contribution in [0.25, 0.3) is 0 Å². The standard InChI is InChI=1S/C31H40ClF2NO12/c1-14-3-4-17(31(43-13-23(33)34)30(46-47-31)18-5-16-6-19(30)10-28(32,8-16)9-18)7-22(14)44-29(27(41)42)11-20(38)24(35-15(2)37)26(45-29)25(40)21(39)12-36/h3-4,7,16,18-21,23-26,36,38-40H,5-6,8-13H2,1-2H3,(H,35,37)(H,41,42). The minimum Gasteiger partial charge on any atom is -0.476 e. The van der Waals surface area contributed by atoms with E-state index in [0.29, 0.717) is 24.3 Å². The van der Waals surface area contributed by atoms with E-state index in [1.54, 1.807) is 19.1 Å². The number of hydrogen-bond acceptors (Lipinski definition) is 11. The summed E-state index contributed by atoms with van der Waals surface area (Å²) in [5.74, 6) is -6.94. The van der Waals surface area contributed by atoms with Gasteiger partial charge in [-0.05, 0) is 68.4 Å². The summed E-state index contributed by atoms with van der Waals surface area (Å²) in [6.45, 7) is 0.806. The lowest BCUT2D eigenvalue weighted by Crippen LogP contribution is -2.78. The molecule has 1 amide bonds. The first-order valence-corrected chi connectivity index (χ1v) is 16.1. The number of ether oxygens (including phenoxy) is 3. The molecule has 6 fully saturated rings. The lowest BCUT2D eigenvalue weighted by molar-refractivity contribution is -0.648. The van der Waals surface area contributed by atoms with Crippen LogP contribution in [0.1, 0.15) is 56.6 Å². The number of carbonyl (C=O) groups excluding carboxylic acids is 1. The highest BCUT2D eigenvalue weighted by Gasteiger charge is 2.78. The molecule has 0 radical (unpaired) electrons. The Morgan fingerprint density at radius 2 is 1.81 bits per heavy atom. The van der Waals surface area contributed by atoms with E-state index < -0.39 is 90.4 Å². The van der Waals surface area contributed by atoms with Gasteiger partial charge in [0.25, 0.3) is 12.2 Å². The van der Waals surface area contributed by atoms with Gasteiger partial charge in [-0.1, -0.05) is 12.1 Å². The van der Waals surface area contributed by atoms with Crippen LogP contribution in [-0.4, -0.2) is 104 Å². The van der Waals surface area contributed by atoms with Gasteiger partial charge in [0.1, 0.15) is 30.7 Å². The number of carbonyl (C=O) groups is 2. The Morgan fingerprint density at radius 3 is 2.34 bits per heavy atom. The van der Waals surface area contributed by atoms with Gasteiger partial charge in [-0.15, -0.1) is 11.6 Å². The molecule has 2 saturated heterocycles. The summed E-state index contributed by atoms with van der Waals surface area (Å²) in [6, 6.07) is 3.16. The lowest BCUT2D eigenvalue weighted by atomic mass is 9.46. The smallest absolute Gasteiger partial charge is 0.377 e. The fourth-order valence-electron chi connectivity index (χ4n) is 8.76. The lowest BCUT2D eigenvalue weighted by Gasteiger charge is -2.70. The number of aliphatic hydroxyl groups excluding tert-OH is 4. The molecule has 4 saturated carbocycles. The molecule has 1 aromatic rings. The molecule has 9 atom stereocenters. The van der Waals surface area contributed by atoms with Crippen molar-refractivity contribution in [1.29, 1.82) is 0 Å². The molecule has 7 rings (SSSR count). The Kier molecular flexibility index (Phi) is 9.06. The van der Waals surface area contributed by atoms with Crippen molar-refractivity contribution in [1.82, 2.24) is 5.32 Å². The minimum atomic E-state index is -2.84. The highest BCUT2D eigenvalue weighted by molar-refractivity contribution is 6.24. The van der Waals surface area contributed by atoms with Crippen LogP contribution in [0.15, 0.2) is 18.2 Å². The summed E-state index contributed by atoms with van der Waals surface area (Å²) in [5, 5.41) is 54.2. The van der Waals surface area contributed by atoms with E-state index in [2.05, 4.69) is 5.32 Å². The van der Waals surface area contributed by atoms with Crippen molar-refractivity contribution < 1.29 is 67.9 Å². The molecular weight excluding hydrogens is 652 g/mol. The zero-order valence-electron chi connectivity index (χ0n) is 25.8. The summed E-state index contributed by atoms with van der Waals surface area (Å²) in [6.07, 6.45) is -7.29. The third-order valence-electron chi connectivity index (χ3n) is 10.6. The van der Waals surface area contributed by atoms with Crippen LogP contribution >= 0.6 is 11.6 Å². The second kappa shape index (κ2) is 12.3. The summed E-state index contributed by atoms with van der Waals surface area (Å²) in [4.78, 5) is 35.9. The Morgan fingerprint density at radius 1 is 1.13 bits per heavy atom. The molecule has 4 bridgehead atoms. The third kappa shape index (κ3) is 5.61. The first-order chi connectivity index (χ1) is 22.1. The van der Waals surface area contributed by atoms with Crippen molar-refractivity contribution in [2.24, 2.45) is 17.8 Å². The van der Waals surface area contributed by atoms with Gasteiger partial charge in [-0.2, -0.15) is 4.89 Å². The van der Waals surface area contributed by atoms with Crippen molar-refractivity contribution in [3.05, 3.63) is 29.3 Å². The second-order valence-electron chi connectivity index (χ2n) is 13.7. The number of amides is 1. The van der Waals surface area contributed by atoms with Gasteiger partial charge < -0.3 is 45.1 Å². The van der Waals surface area contributed by atoms with Gasteiger partial charge in [0.15, 0.2) is 5.60 Å². The fraction of sp³-hybridized carbons (Fsp3) is 0.742. The number of rotatable bonds is 11. The number of carboxylic acids is 1. The molecule has 2 aliphatic heterocycles. The number of aryl methyl sites for hydroxylation is 1. The van der Waals surface area contributed by atoms with Crippen LogP contribution in [-0.2, 0) is 34.6 Å². The van der Waals surface area contributed by atoms with E-state index in [1.807, 2.05) is 0 Å². The maximum absolute atomic E-state index is 13.7. The van der Waals surface area contributed by atoms with Crippen LogP contribution < -0.4 is 10.1 Å². The largest absolute Gasteiger partial charge is 0.476 e. The number of aliphatic hydroxyl groups is 4. The molecule has 2 heterocycles. The molecule has 262 valence electrons. The minimum absolute atomic E-state index is 0.102. The molecular formula is C31H40ClF2NO12. The van der Waals surface area contributed by atoms with Crippen molar-refractivity contribution in [3.8, 4) is 5.75 Å².